The van der Waals surface area contributed by atoms with Crippen LogP contribution in [0.3, 0.4) is 0 Å². The zero-order valence-electron chi connectivity index (χ0n) is 18.7. The zero-order chi connectivity index (χ0) is 23.7. The van der Waals surface area contributed by atoms with Crippen LogP contribution in [-0.2, 0) is 4.74 Å². The summed E-state index contributed by atoms with van der Waals surface area (Å²) >= 11 is 0. The quantitative estimate of drug-likeness (QED) is 0.599. The minimum Gasteiger partial charge on any atom is -0.496 e. The van der Waals surface area contributed by atoms with Crippen LogP contribution in [0.5, 0.6) is 11.5 Å². The van der Waals surface area contributed by atoms with Crippen molar-refractivity contribution in [2.24, 2.45) is 0 Å². The fraction of sp³-hybridized carbons (Fsp3) is 0.333. The van der Waals surface area contributed by atoms with E-state index >= 15 is 0 Å². The molecule has 0 radical (unpaired) electrons. The first kappa shape index (κ1) is 22.3. The molecule has 0 bridgehead atoms. The van der Waals surface area contributed by atoms with Gasteiger partial charge in [0.25, 0.3) is 5.91 Å². The van der Waals surface area contributed by atoms with E-state index in [9.17, 15) is 19.2 Å². The van der Waals surface area contributed by atoms with E-state index < -0.39 is 11.9 Å². The molecule has 2 amide bonds. The van der Waals surface area contributed by atoms with Crippen LogP contribution >= 0.6 is 0 Å². The molecule has 1 fully saturated rings. The van der Waals surface area contributed by atoms with Crippen molar-refractivity contribution >= 4 is 23.6 Å². The molecule has 1 heterocycles. The number of methoxy groups -OCH3 is 2. The third-order valence-electron chi connectivity index (χ3n) is 5.85. The first-order chi connectivity index (χ1) is 15.9. The van der Waals surface area contributed by atoms with Gasteiger partial charge in [0.1, 0.15) is 11.5 Å². The molecule has 9 heteroatoms. The van der Waals surface area contributed by atoms with Gasteiger partial charge in [0, 0.05) is 42.9 Å². The van der Waals surface area contributed by atoms with Crippen molar-refractivity contribution < 1.29 is 33.4 Å². The van der Waals surface area contributed by atoms with Gasteiger partial charge in [-0.05, 0) is 25.1 Å². The molecule has 1 aliphatic heterocycles. The standard InChI is InChI=1S/C24H24N2O7/c1-4-33-24(30)26-10-8-25(9-11-26)23(29)14-12-16-20(18(13-14)32-3)22(28)19-15(21(16)27)6-5-7-17(19)31-2/h5-7,12-13H,4,8-11H2,1-3H3. The molecule has 2 aromatic rings. The molecule has 1 saturated heterocycles. The van der Waals surface area contributed by atoms with E-state index in [-0.39, 0.29) is 51.9 Å². The third kappa shape index (κ3) is 3.79. The number of ether oxygens (including phenoxy) is 3. The first-order valence-electron chi connectivity index (χ1n) is 10.6. The molecule has 0 spiro atoms. The van der Waals surface area contributed by atoms with E-state index in [0.29, 0.717) is 31.9 Å². The summed E-state index contributed by atoms with van der Waals surface area (Å²) in [4.78, 5) is 54.8. The molecule has 2 aromatic carbocycles. The zero-order valence-corrected chi connectivity index (χ0v) is 18.7. The Kier molecular flexibility index (Phi) is 6.04. The van der Waals surface area contributed by atoms with Crippen LogP contribution in [0.4, 0.5) is 4.79 Å². The Hall–Kier alpha value is -3.88. The average molecular weight is 452 g/mol. The molecule has 172 valence electrons. The van der Waals surface area contributed by atoms with Crippen molar-refractivity contribution in [3.8, 4) is 11.5 Å². The van der Waals surface area contributed by atoms with Crippen LogP contribution in [0, 0.1) is 0 Å². The van der Waals surface area contributed by atoms with Gasteiger partial charge in [0.2, 0.25) is 5.78 Å². The smallest absolute Gasteiger partial charge is 0.409 e. The first-order valence-corrected chi connectivity index (χ1v) is 10.6. The third-order valence-corrected chi connectivity index (χ3v) is 5.85. The minimum absolute atomic E-state index is 0.114. The molecule has 1 aliphatic carbocycles. The highest BCUT2D eigenvalue weighted by Gasteiger charge is 2.36. The number of piperazine rings is 1. The molecule has 0 unspecified atom stereocenters. The van der Waals surface area contributed by atoms with E-state index in [1.165, 1.54) is 26.4 Å². The van der Waals surface area contributed by atoms with Crippen LogP contribution in [0.1, 0.15) is 49.1 Å². The number of hydrogen-bond acceptors (Lipinski definition) is 7. The molecule has 4 rings (SSSR count). The SMILES string of the molecule is CCOC(=O)N1CCN(C(=O)c2cc(OC)c3c(c2)C(=O)c2cccc(OC)c2C3=O)CC1. The lowest BCUT2D eigenvalue weighted by Crippen LogP contribution is -2.50. The number of benzene rings is 2. The van der Waals surface area contributed by atoms with Gasteiger partial charge >= 0.3 is 6.09 Å². The molecule has 0 saturated carbocycles. The van der Waals surface area contributed by atoms with E-state index in [4.69, 9.17) is 14.2 Å². The van der Waals surface area contributed by atoms with Gasteiger partial charge < -0.3 is 24.0 Å². The molecule has 33 heavy (non-hydrogen) atoms. The van der Waals surface area contributed by atoms with Gasteiger partial charge in [-0.25, -0.2) is 4.79 Å². The summed E-state index contributed by atoms with van der Waals surface area (Å²) in [6, 6.07) is 7.75. The normalized spacial score (nSPS) is 15.0. The Labute approximate surface area is 190 Å². The van der Waals surface area contributed by atoms with E-state index in [1.807, 2.05) is 0 Å². The Morgan fingerprint density at radius 3 is 2.12 bits per heavy atom. The van der Waals surface area contributed by atoms with Crippen molar-refractivity contribution in [2.45, 2.75) is 6.92 Å². The fourth-order valence-electron chi connectivity index (χ4n) is 4.20. The summed E-state index contributed by atoms with van der Waals surface area (Å²) < 4.78 is 15.7. The lowest BCUT2D eigenvalue weighted by atomic mass is 9.82. The largest absolute Gasteiger partial charge is 0.496 e. The number of hydrogen-bond donors (Lipinski definition) is 0. The van der Waals surface area contributed by atoms with Crippen LogP contribution in [0.25, 0.3) is 0 Å². The average Bonchev–Trinajstić information content (AvgIpc) is 2.85. The van der Waals surface area contributed by atoms with Crippen molar-refractivity contribution in [3.63, 3.8) is 0 Å². The van der Waals surface area contributed by atoms with Gasteiger partial charge in [0.15, 0.2) is 5.78 Å². The topological polar surface area (TPSA) is 102 Å². The summed E-state index contributed by atoms with van der Waals surface area (Å²) in [6.07, 6.45) is -0.404. The number of nitrogens with zero attached hydrogens (tertiary/aromatic N) is 2. The fourth-order valence-corrected chi connectivity index (χ4v) is 4.20. The minimum atomic E-state index is -0.404. The van der Waals surface area contributed by atoms with Crippen molar-refractivity contribution in [2.75, 3.05) is 47.0 Å². The lowest BCUT2D eigenvalue weighted by molar-refractivity contribution is 0.0570. The summed E-state index contributed by atoms with van der Waals surface area (Å²) in [6.45, 7) is 3.36. The predicted molar refractivity (Wildman–Crippen MR) is 117 cm³/mol. The van der Waals surface area contributed by atoms with Crippen molar-refractivity contribution in [1.82, 2.24) is 9.80 Å². The molecule has 0 aromatic heterocycles. The monoisotopic (exact) mass is 452 g/mol. The Morgan fingerprint density at radius 2 is 1.48 bits per heavy atom. The number of rotatable bonds is 4. The van der Waals surface area contributed by atoms with Gasteiger partial charge in [-0.15, -0.1) is 0 Å². The maximum absolute atomic E-state index is 13.3. The summed E-state index contributed by atoms with van der Waals surface area (Å²) in [5.41, 5.74) is 0.881. The Morgan fingerprint density at radius 1 is 0.848 bits per heavy atom. The molecular formula is C24H24N2O7. The lowest BCUT2D eigenvalue weighted by Gasteiger charge is -2.34. The van der Waals surface area contributed by atoms with Gasteiger partial charge in [0.05, 0.1) is 32.0 Å². The predicted octanol–water partition coefficient (Wildman–Crippen LogP) is 2.39. The number of fused-ring (bicyclic) bond motifs is 2. The van der Waals surface area contributed by atoms with Crippen LogP contribution < -0.4 is 9.47 Å². The molecule has 0 N–H and O–H groups in total. The molecule has 0 atom stereocenters. The highest BCUT2D eigenvalue weighted by Crippen LogP contribution is 2.38. The summed E-state index contributed by atoms with van der Waals surface area (Å²) in [5.74, 6) is -0.625. The van der Waals surface area contributed by atoms with E-state index in [0.717, 1.165) is 0 Å². The van der Waals surface area contributed by atoms with Crippen molar-refractivity contribution in [3.05, 3.63) is 58.1 Å². The molecular weight excluding hydrogens is 428 g/mol. The maximum atomic E-state index is 13.3. The van der Waals surface area contributed by atoms with E-state index in [2.05, 4.69) is 0 Å². The Balaban J connectivity index is 1.66. The van der Waals surface area contributed by atoms with Crippen LogP contribution in [0.15, 0.2) is 30.3 Å². The van der Waals surface area contributed by atoms with Gasteiger partial charge in [-0.1, -0.05) is 12.1 Å². The highest BCUT2D eigenvalue weighted by molar-refractivity contribution is 6.30. The molecule has 2 aliphatic rings. The van der Waals surface area contributed by atoms with Gasteiger partial charge in [-0.2, -0.15) is 0 Å². The highest BCUT2D eigenvalue weighted by atomic mass is 16.6. The second-order valence-corrected chi connectivity index (χ2v) is 7.62. The number of carbonyl (C=O) groups is 4. The summed E-state index contributed by atoms with van der Waals surface area (Å²) in [5, 5.41) is 0. The second kappa shape index (κ2) is 8.93. The van der Waals surface area contributed by atoms with Crippen LogP contribution in [0.2, 0.25) is 0 Å². The Bertz CT molecular complexity index is 1150. The number of carbonyl (C=O) groups excluding carboxylic acids is 4. The van der Waals surface area contributed by atoms with Crippen LogP contribution in [-0.4, -0.2) is 80.4 Å². The number of amides is 2. The summed E-state index contributed by atoms with van der Waals surface area (Å²) in [7, 11) is 2.82. The number of ketones is 2. The maximum Gasteiger partial charge on any atom is 0.409 e. The molecule has 9 nitrogen and oxygen atoms in total. The second-order valence-electron chi connectivity index (χ2n) is 7.62. The van der Waals surface area contributed by atoms with Crippen molar-refractivity contribution in [1.29, 1.82) is 0 Å². The van der Waals surface area contributed by atoms with E-state index in [1.54, 1.807) is 34.9 Å². The van der Waals surface area contributed by atoms with Gasteiger partial charge in [-0.3, -0.25) is 14.4 Å².